The number of benzene rings is 1. The Morgan fingerprint density at radius 3 is 2.50 bits per heavy atom. The first-order valence-electron chi connectivity index (χ1n) is 7.95. The zero-order valence-electron chi connectivity index (χ0n) is 13.1. The van der Waals surface area contributed by atoms with Crippen LogP contribution in [0, 0.1) is 0 Å². The summed E-state index contributed by atoms with van der Waals surface area (Å²) in [6.45, 7) is 3.28. The van der Waals surface area contributed by atoms with E-state index in [1.54, 1.807) is 0 Å². The molecule has 0 aromatic heterocycles. The van der Waals surface area contributed by atoms with E-state index < -0.39 is 0 Å². The lowest BCUT2D eigenvalue weighted by molar-refractivity contribution is -0.122. The summed E-state index contributed by atoms with van der Waals surface area (Å²) in [5.74, 6) is 0.132. The smallest absolute Gasteiger partial charge is 0.253 e. The van der Waals surface area contributed by atoms with Crippen molar-refractivity contribution in [3.8, 4) is 0 Å². The molecule has 1 heterocycles. The summed E-state index contributed by atoms with van der Waals surface area (Å²) in [5, 5.41) is 3.04. The lowest BCUT2D eigenvalue weighted by atomic mass is 10.0. The Morgan fingerprint density at radius 1 is 1.27 bits per heavy atom. The highest BCUT2D eigenvalue weighted by molar-refractivity contribution is 5.94. The number of nitrogens with two attached hydrogens (primary N) is 1. The number of hydrogen-bond donors (Lipinski definition) is 2. The Balaban J connectivity index is 1.76. The molecule has 22 heavy (non-hydrogen) atoms. The molecule has 1 aromatic rings. The Labute approximate surface area is 131 Å². The van der Waals surface area contributed by atoms with Crippen LogP contribution in [-0.2, 0) is 4.79 Å². The zero-order chi connectivity index (χ0) is 15.9. The fourth-order valence-electron chi connectivity index (χ4n) is 2.65. The number of hydrogen-bond acceptors (Lipinski definition) is 3. The Bertz CT molecular complexity index is 494. The van der Waals surface area contributed by atoms with Crippen molar-refractivity contribution in [2.45, 2.75) is 44.7 Å². The van der Waals surface area contributed by atoms with Crippen LogP contribution in [0.15, 0.2) is 30.3 Å². The van der Waals surface area contributed by atoms with Gasteiger partial charge in [-0.15, -0.1) is 0 Å². The fraction of sp³-hybridized carbons (Fsp3) is 0.529. The van der Waals surface area contributed by atoms with Gasteiger partial charge in [-0.2, -0.15) is 0 Å². The quantitative estimate of drug-likeness (QED) is 0.866. The molecule has 1 aliphatic rings. The van der Waals surface area contributed by atoms with Crippen molar-refractivity contribution in [3.63, 3.8) is 0 Å². The van der Waals surface area contributed by atoms with Gasteiger partial charge in [0.25, 0.3) is 5.91 Å². The van der Waals surface area contributed by atoms with Gasteiger partial charge in [-0.25, -0.2) is 0 Å². The third-order valence-corrected chi connectivity index (χ3v) is 3.99. The molecule has 5 nitrogen and oxygen atoms in total. The maximum atomic E-state index is 12.3. The van der Waals surface area contributed by atoms with Gasteiger partial charge in [0.2, 0.25) is 5.91 Å². The molecule has 1 unspecified atom stereocenters. The minimum absolute atomic E-state index is 0.0519. The van der Waals surface area contributed by atoms with E-state index in [9.17, 15) is 9.59 Å². The van der Waals surface area contributed by atoms with Gasteiger partial charge in [-0.05, 0) is 38.3 Å². The van der Waals surface area contributed by atoms with E-state index in [2.05, 4.69) is 5.32 Å². The second-order valence-electron chi connectivity index (χ2n) is 6.02. The van der Waals surface area contributed by atoms with Gasteiger partial charge in [0.1, 0.15) is 0 Å². The number of amides is 2. The molecule has 5 heteroatoms. The third kappa shape index (κ3) is 4.84. The highest BCUT2D eigenvalue weighted by Gasteiger charge is 2.24. The summed E-state index contributed by atoms with van der Waals surface area (Å²) in [4.78, 5) is 26.0. The molecule has 0 aliphatic carbocycles. The van der Waals surface area contributed by atoms with Crippen LogP contribution in [0.3, 0.4) is 0 Å². The molecule has 3 N–H and O–H groups in total. The van der Waals surface area contributed by atoms with Crippen LogP contribution < -0.4 is 11.1 Å². The Kier molecular flexibility index (Phi) is 5.95. The molecule has 0 saturated carbocycles. The van der Waals surface area contributed by atoms with E-state index >= 15 is 0 Å². The second-order valence-corrected chi connectivity index (χ2v) is 6.02. The van der Waals surface area contributed by atoms with E-state index in [1.165, 1.54) is 0 Å². The molecule has 0 bridgehead atoms. The summed E-state index contributed by atoms with van der Waals surface area (Å²) >= 11 is 0. The maximum Gasteiger partial charge on any atom is 0.253 e. The normalized spacial score (nSPS) is 17.1. The largest absolute Gasteiger partial charge is 0.353 e. The standard InChI is InChI=1S/C17H25N3O2/c1-13(18)7-8-16(21)19-15-9-11-20(12-10-15)17(22)14-5-3-2-4-6-14/h2-6,13,15H,7-12,18H2,1H3,(H,19,21). The van der Waals surface area contributed by atoms with E-state index in [1.807, 2.05) is 42.2 Å². The molecule has 1 saturated heterocycles. The molecule has 0 spiro atoms. The molecule has 120 valence electrons. The first-order valence-corrected chi connectivity index (χ1v) is 7.95. The van der Waals surface area contributed by atoms with E-state index in [0.29, 0.717) is 25.9 Å². The van der Waals surface area contributed by atoms with Crippen LogP contribution in [0.4, 0.5) is 0 Å². The number of nitrogens with zero attached hydrogens (tertiary/aromatic N) is 1. The Morgan fingerprint density at radius 2 is 1.91 bits per heavy atom. The number of carbonyl (C=O) groups is 2. The Hall–Kier alpha value is -1.88. The van der Waals surface area contributed by atoms with Crippen molar-refractivity contribution in [2.75, 3.05) is 13.1 Å². The fourth-order valence-corrected chi connectivity index (χ4v) is 2.65. The van der Waals surface area contributed by atoms with Gasteiger partial charge < -0.3 is 16.0 Å². The number of nitrogens with one attached hydrogen (secondary N) is 1. The molecule has 2 rings (SSSR count). The monoisotopic (exact) mass is 303 g/mol. The second kappa shape index (κ2) is 7.94. The number of rotatable bonds is 5. The highest BCUT2D eigenvalue weighted by atomic mass is 16.2. The maximum absolute atomic E-state index is 12.3. The molecule has 2 amide bonds. The van der Waals surface area contributed by atoms with Gasteiger partial charge in [0.05, 0.1) is 0 Å². The van der Waals surface area contributed by atoms with Crippen molar-refractivity contribution in [1.82, 2.24) is 10.2 Å². The minimum atomic E-state index is 0.0519. The van der Waals surface area contributed by atoms with Crippen molar-refractivity contribution >= 4 is 11.8 Å². The van der Waals surface area contributed by atoms with Crippen molar-refractivity contribution < 1.29 is 9.59 Å². The summed E-state index contributed by atoms with van der Waals surface area (Å²) in [7, 11) is 0. The topological polar surface area (TPSA) is 75.4 Å². The summed E-state index contributed by atoms with van der Waals surface area (Å²) in [5.41, 5.74) is 6.38. The molecular formula is C17H25N3O2. The van der Waals surface area contributed by atoms with Gasteiger partial charge in [0, 0.05) is 37.2 Å². The average Bonchev–Trinajstić information content (AvgIpc) is 2.54. The molecule has 1 aliphatic heterocycles. The molecule has 0 radical (unpaired) electrons. The van der Waals surface area contributed by atoms with E-state index in [-0.39, 0.29) is 23.9 Å². The molecular weight excluding hydrogens is 278 g/mol. The molecule has 1 aromatic carbocycles. The van der Waals surface area contributed by atoms with Gasteiger partial charge in [0.15, 0.2) is 0 Å². The summed E-state index contributed by atoms with van der Waals surface area (Å²) in [6.07, 6.45) is 2.79. The van der Waals surface area contributed by atoms with Crippen LogP contribution in [0.5, 0.6) is 0 Å². The zero-order valence-corrected chi connectivity index (χ0v) is 13.1. The van der Waals surface area contributed by atoms with Crippen molar-refractivity contribution in [2.24, 2.45) is 5.73 Å². The van der Waals surface area contributed by atoms with E-state index in [0.717, 1.165) is 18.4 Å². The van der Waals surface area contributed by atoms with Crippen molar-refractivity contribution in [3.05, 3.63) is 35.9 Å². The van der Waals surface area contributed by atoms with Crippen LogP contribution in [0.1, 0.15) is 43.0 Å². The average molecular weight is 303 g/mol. The minimum Gasteiger partial charge on any atom is -0.353 e. The predicted octanol–water partition coefficient (Wildman–Crippen LogP) is 1.53. The number of piperidine rings is 1. The van der Waals surface area contributed by atoms with Crippen LogP contribution in [0.25, 0.3) is 0 Å². The first kappa shape index (κ1) is 16.5. The predicted molar refractivity (Wildman–Crippen MR) is 86.4 cm³/mol. The van der Waals surface area contributed by atoms with Gasteiger partial charge in [-0.1, -0.05) is 18.2 Å². The number of carbonyl (C=O) groups excluding carboxylic acids is 2. The van der Waals surface area contributed by atoms with Gasteiger partial charge in [-0.3, -0.25) is 9.59 Å². The van der Waals surface area contributed by atoms with Gasteiger partial charge >= 0.3 is 0 Å². The summed E-state index contributed by atoms with van der Waals surface area (Å²) in [6, 6.07) is 9.54. The first-order chi connectivity index (χ1) is 10.6. The SMILES string of the molecule is CC(N)CCC(=O)NC1CCN(C(=O)c2ccccc2)CC1. The third-order valence-electron chi connectivity index (χ3n) is 3.99. The van der Waals surface area contributed by atoms with Crippen molar-refractivity contribution in [1.29, 1.82) is 0 Å². The highest BCUT2D eigenvalue weighted by Crippen LogP contribution is 2.14. The molecule has 1 atom stereocenters. The molecule has 1 fully saturated rings. The van der Waals surface area contributed by atoms with Crippen LogP contribution in [-0.4, -0.2) is 41.9 Å². The number of likely N-dealkylation sites (tertiary alicyclic amines) is 1. The lowest BCUT2D eigenvalue weighted by Crippen LogP contribution is -2.46. The summed E-state index contributed by atoms with van der Waals surface area (Å²) < 4.78 is 0. The lowest BCUT2D eigenvalue weighted by Gasteiger charge is -2.32. The van der Waals surface area contributed by atoms with Crippen LogP contribution >= 0.6 is 0 Å². The van der Waals surface area contributed by atoms with E-state index in [4.69, 9.17) is 5.73 Å². The van der Waals surface area contributed by atoms with Crippen LogP contribution in [0.2, 0.25) is 0 Å².